The Morgan fingerprint density at radius 1 is 1.19 bits per heavy atom. The Bertz CT molecular complexity index is 464. The predicted octanol–water partition coefficient (Wildman–Crippen LogP) is 3.63. The lowest BCUT2D eigenvalue weighted by molar-refractivity contribution is -0.0515. The van der Waals surface area contributed by atoms with Crippen LogP contribution >= 0.6 is 0 Å². The standard InChI is InChI=1S/C18H29N3/c1-3-4-21-11-16(10-20-21)18(19-2)17-14-6-12-5-13(8-14)9-15(17)7-12/h10-15,17-19H,3-9H2,1-2H3. The summed E-state index contributed by atoms with van der Waals surface area (Å²) in [4.78, 5) is 0. The molecule has 4 fully saturated rings. The molecule has 0 amide bonds. The molecule has 1 unspecified atom stereocenters. The average molecular weight is 287 g/mol. The molecule has 0 spiro atoms. The number of nitrogens with zero attached hydrogens (tertiary/aromatic N) is 2. The molecule has 5 rings (SSSR count). The first-order valence-electron chi connectivity index (χ1n) is 8.98. The summed E-state index contributed by atoms with van der Waals surface area (Å²) < 4.78 is 2.12. The second kappa shape index (κ2) is 5.42. The summed E-state index contributed by atoms with van der Waals surface area (Å²) in [7, 11) is 2.15. The van der Waals surface area contributed by atoms with Crippen LogP contribution < -0.4 is 5.32 Å². The first kappa shape index (κ1) is 13.8. The van der Waals surface area contributed by atoms with Gasteiger partial charge in [0, 0.05) is 24.3 Å². The average Bonchev–Trinajstić information content (AvgIpc) is 2.91. The molecule has 21 heavy (non-hydrogen) atoms. The van der Waals surface area contributed by atoms with Gasteiger partial charge in [0.05, 0.1) is 6.20 Å². The summed E-state index contributed by atoms with van der Waals surface area (Å²) in [6.45, 7) is 3.26. The number of hydrogen-bond acceptors (Lipinski definition) is 2. The topological polar surface area (TPSA) is 29.9 Å². The zero-order chi connectivity index (χ0) is 14.4. The van der Waals surface area contributed by atoms with Crippen LogP contribution in [-0.2, 0) is 6.54 Å². The first-order valence-corrected chi connectivity index (χ1v) is 8.98. The van der Waals surface area contributed by atoms with Crippen LogP contribution in [0.3, 0.4) is 0 Å². The molecular formula is C18H29N3. The highest BCUT2D eigenvalue weighted by molar-refractivity contribution is 5.15. The fraction of sp³-hybridized carbons (Fsp3) is 0.833. The van der Waals surface area contributed by atoms with Gasteiger partial charge in [0.15, 0.2) is 0 Å². The van der Waals surface area contributed by atoms with Crippen molar-refractivity contribution < 1.29 is 0 Å². The highest BCUT2D eigenvalue weighted by Crippen LogP contribution is 2.59. The fourth-order valence-corrected chi connectivity index (χ4v) is 5.98. The predicted molar refractivity (Wildman–Crippen MR) is 84.9 cm³/mol. The lowest BCUT2D eigenvalue weighted by atomic mass is 9.50. The van der Waals surface area contributed by atoms with Crippen molar-refractivity contribution >= 4 is 0 Å². The number of aromatic nitrogens is 2. The molecule has 1 N–H and O–H groups in total. The Kier molecular flexibility index (Phi) is 3.56. The lowest BCUT2D eigenvalue weighted by Gasteiger charge is -2.56. The largest absolute Gasteiger partial charge is 0.313 e. The lowest BCUT2D eigenvalue weighted by Crippen LogP contribution is -2.49. The molecule has 0 aromatic carbocycles. The SMILES string of the molecule is CCCn1cc(C(NC)C2C3CC4CC(C3)CC2C4)cn1. The third kappa shape index (κ3) is 2.34. The van der Waals surface area contributed by atoms with Gasteiger partial charge in [-0.15, -0.1) is 0 Å². The fourth-order valence-electron chi connectivity index (χ4n) is 5.98. The van der Waals surface area contributed by atoms with Crippen LogP contribution in [0.1, 0.15) is 57.1 Å². The summed E-state index contributed by atoms with van der Waals surface area (Å²) >= 11 is 0. The quantitative estimate of drug-likeness (QED) is 0.896. The van der Waals surface area contributed by atoms with Gasteiger partial charge in [-0.25, -0.2) is 0 Å². The zero-order valence-corrected chi connectivity index (χ0v) is 13.5. The van der Waals surface area contributed by atoms with Crippen LogP contribution in [0.25, 0.3) is 0 Å². The van der Waals surface area contributed by atoms with Crippen molar-refractivity contribution in [2.24, 2.45) is 29.6 Å². The maximum Gasteiger partial charge on any atom is 0.0537 e. The van der Waals surface area contributed by atoms with E-state index in [4.69, 9.17) is 0 Å². The van der Waals surface area contributed by atoms with Gasteiger partial charge in [0.1, 0.15) is 0 Å². The second-order valence-electron chi connectivity index (χ2n) is 7.81. The highest BCUT2D eigenvalue weighted by Gasteiger charge is 2.50. The van der Waals surface area contributed by atoms with Gasteiger partial charge in [0.25, 0.3) is 0 Å². The van der Waals surface area contributed by atoms with E-state index in [2.05, 4.69) is 41.5 Å². The third-order valence-electron chi connectivity index (χ3n) is 6.46. The maximum absolute atomic E-state index is 4.56. The Labute approximate surface area is 128 Å². The maximum atomic E-state index is 4.56. The number of nitrogens with one attached hydrogen (secondary N) is 1. The van der Waals surface area contributed by atoms with Crippen LogP contribution in [0.4, 0.5) is 0 Å². The van der Waals surface area contributed by atoms with Crippen LogP contribution in [0.2, 0.25) is 0 Å². The minimum atomic E-state index is 0.519. The first-order chi connectivity index (χ1) is 10.3. The zero-order valence-electron chi connectivity index (χ0n) is 13.5. The Balaban J connectivity index is 1.57. The molecule has 3 heteroatoms. The molecule has 0 radical (unpaired) electrons. The van der Waals surface area contributed by atoms with Crippen molar-refractivity contribution in [3.63, 3.8) is 0 Å². The van der Waals surface area contributed by atoms with E-state index in [1.165, 1.54) is 31.2 Å². The van der Waals surface area contributed by atoms with Gasteiger partial charge in [0.2, 0.25) is 0 Å². The smallest absolute Gasteiger partial charge is 0.0537 e. The Morgan fingerprint density at radius 2 is 1.86 bits per heavy atom. The molecule has 1 aromatic heterocycles. The summed E-state index contributed by atoms with van der Waals surface area (Å²) in [5.41, 5.74) is 1.42. The molecule has 4 saturated carbocycles. The summed E-state index contributed by atoms with van der Waals surface area (Å²) in [6, 6.07) is 0.519. The van der Waals surface area contributed by atoms with Crippen molar-refractivity contribution in [3.8, 4) is 0 Å². The van der Waals surface area contributed by atoms with E-state index >= 15 is 0 Å². The van der Waals surface area contributed by atoms with E-state index in [1.807, 2.05) is 0 Å². The molecule has 4 bridgehead atoms. The molecule has 4 aliphatic carbocycles. The Morgan fingerprint density at radius 3 is 2.43 bits per heavy atom. The third-order valence-corrected chi connectivity index (χ3v) is 6.46. The van der Waals surface area contributed by atoms with Crippen molar-refractivity contribution in [3.05, 3.63) is 18.0 Å². The molecule has 1 heterocycles. The van der Waals surface area contributed by atoms with Gasteiger partial charge in [-0.2, -0.15) is 5.10 Å². The number of aryl methyl sites for hydroxylation is 1. The van der Waals surface area contributed by atoms with E-state index < -0.39 is 0 Å². The van der Waals surface area contributed by atoms with Gasteiger partial charge in [-0.05, 0) is 75.2 Å². The van der Waals surface area contributed by atoms with Crippen molar-refractivity contribution in [1.29, 1.82) is 0 Å². The summed E-state index contributed by atoms with van der Waals surface area (Å²) in [6.07, 6.45) is 13.1. The van der Waals surface area contributed by atoms with Gasteiger partial charge in [-0.1, -0.05) is 6.92 Å². The van der Waals surface area contributed by atoms with Crippen molar-refractivity contribution in [1.82, 2.24) is 15.1 Å². The van der Waals surface area contributed by atoms with Gasteiger partial charge in [-0.3, -0.25) is 4.68 Å². The van der Waals surface area contributed by atoms with E-state index in [1.54, 1.807) is 6.42 Å². The van der Waals surface area contributed by atoms with Crippen LogP contribution in [0.5, 0.6) is 0 Å². The van der Waals surface area contributed by atoms with Gasteiger partial charge < -0.3 is 5.32 Å². The molecule has 1 atom stereocenters. The molecule has 116 valence electrons. The number of hydrogen-bond donors (Lipinski definition) is 1. The molecular weight excluding hydrogens is 258 g/mol. The van der Waals surface area contributed by atoms with E-state index in [0.29, 0.717) is 6.04 Å². The van der Waals surface area contributed by atoms with E-state index in [9.17, 15) is 0 Å². The van der Waals surface area contributed by atoms with Gasteiger partial charge >= 0.3 is 0 Å². The monoisotopic (exact) mass is 287 g/mol. The molecule has 0 saturated heterocycles. The van der Waals surface area contributed by atoms with Crippen molar-refractivity contribution in [2.45, 2.75) is 58.0 Å². The minimum absolute atomic E-state index is 0.519. The van der Waals surface area contributed by atoms with Crippen LogP contribution in [-0.4, -0.2) is 16.8 Å². The van der Waals surface area contributed by atoms with E-state index in [0.717, 1.165) is 42.6 Å². The Hall–Kier alpha value is -0.830. The normalized spacial score (nSPS) is 38.9. The second-order valence-corrected chi connectivity index (χ2v) is 7.81. The van der Waals surface area contributed by atoms with E-state index in [-0.39, 0.29) is 0 Å². The molecule has 0 aliphatic heterocycles. The number of rotatable bonds is 5. The highest BCUT2D eigenvalue weighted by atomic mass is 15.3. The van der Waals surface area contributed by atoms with Crippen LogP contribution in [0, 0.1) is 29.6 Å². The summed E-state index contributed by atoms with van der Waals surface area (Å²) in [5.74, 6) is 4.90. The molecule has 1 aromatic rings. The minimum Gasteiger partial charge on any atom is -0.313 e. The molecule has 3 nitrogen and oxygen atoms in total. The van der Waals surface area contributed by atoms with Crippen molar-refractivity contribution in [2.75, 3.05) is 7.05 Å². The molecule has 4 aliphatic rings. The summed E-state index contributed by atoms with van der Waals surface area (Å²) in [5, 5.41) is 8.21. The van der Waals surface area contributed by atoms with Crippen LogP contribution in [0.15, 0.2) is 12.4 Å².